The predicted octanol–water partition coefficient (Wildman–Crippen LogP) is 1.62. The van der Waals surface area contributed by atoms with Crippen molar-refractivity contribution in [3.63, 3.8) is 0 Å². The number of Topliss-reactive ketones (excluding diaryl/α,β-unsaturated/α-hetero) is 2. The highest BCUT2D eigenvalue weighted by Crippen LogP contribution is 2.17. The molecule has 0 saturated carbocycles. The Morgan fingerprint density at radius 1 is 0.527 bits per heavy atom. The standard InChI is InChI=1S/C63H114ClN19O8/c1-44-56(64)81-55(57(73)80-44)62(90)82-63(74)79-37-15-10-20-45-29-31-46(32-30-45)91-43-42-83(40-18-38-77-60(88)49(69)23-4-2-6-27-53(84)47(67)21-11-16-35-75-58(86)51(71)25-8-13-33-65)41-19-39-78-61(89)50(70)24-5-3-7-28-54(85)48(68)22-12-17-36-76-59(87)52(72)26-9-14-34-66/h29-32,47-52H,2-28,33-43,65-72H2,1H3,(H2,73,80)(H,75,86)(H,76,87)(H,77,88)(H,78,89)(H3,74,79,82,90)/t47-,48-,49-,50-,51-,52-/m0/s1. The first-order chi connectivity index (χ1) is 43.7. The van der Waals surface area contributed by atoms with Gasteiger partial charge in [0.05, 0.1) is 41.9 Å². The van der Waals surface area contributed by atoms with Crippen LogP contribution in [0.15, 0.2) is 29.3 Å². The van der Waals surface area contributed by atoms with E-state index < -0.39 is 42.2 Å². The van der Waals surface area contributed by atoms with Gasteiger partial charge in [-0.2, -0.15) is 0 Å². The average molecular weight is 1300 g/mol. The number of nitrogen functional groups attached to an aromatic ring is 1. The number of aromatic nitrogens is 2. The minimum Gasteiger partial charge on any atom is -0.492 e. The molecule has 1 aromatic heterocycles. The number of nitrogens with two attached hydrogens (primary N) is 10. The van der Waals surface area contributed by atoms with Gasteiger partial charge in [-0.05, 0) is 173 Å². The van der Waals surface area contributed by atoms with Crippen molar-refractivity contribution in [1.82, 2.24) is 41.5 Å². The maximum atomic E-state index is 13.0. The molecule has 0 spiro atoms. The first kappa shape index (κ1) is 81.1. The third-order valence-corrected chi connectivity index (χ3v) is 16.0. The number of nitrogens with zero attached hydrogens (tertiary/aromatic N) is 4. The van der Waals surface area contributed by atoms with E-state index in [-0.39, 0.29) is 57.8 Å². The number of unbranched alkanes of at least 4 members (excludes halogenated alkanes) is 9. The number of amides is 5. The van der Waals surface area contributed by atoms with Crippen LogP contribution < -0.4 is 88.7 Å². The SMILES string of the molecule is Cc1nc(N)c(C(=O)NC(N)=NCCCCc2ccc(OCCN(CCCNC(=O)[C@@H](N)CCCCCC(=O)[C@@H](N)CCCCNC(=O)[C@@H](N)CCCCN)CCCNC(=O)[C@@H](N)CCCCCC(=O)[C@@H](N)CCCCNC(=O)[C@@H](N)CCCCN)cc2)nc1Cl. The molecule has 0 aliphatic carbocycles. The van der Waals surface area contributed by atoms with Gasteiger partial charge in [0.15, 0.2) is 22.6 Å². The number of benzene rings is 1. The maximum absolute atomic E-state index is 13.0. The summed E-state index contributed by atoms with van der Waals surface area (Å²) in [4.78, 5) is 103. The summed E-state index contributed by atoms with van der Waals surface area (Å²) in [6, 6.07) is 4.32. The number of carbonyl (C=O) groups is 7. The molecular formula is C63H114ClN19O8. The van der Waals surface area contributed by atoms with Crippen molar-refractivity contribution in [3.05, 3.63) is 46.4 Å². The molecule has 2 rings (SSSR count). The van der Waals surface area contributed by atoms with E-state index in [0.29, 0.717) is 199 Å². The Balaban J connectivity index is 1.78. The number of guanidine groups is 1. The lowest BCUT2D eigenvalue weighted by Gasteiger charge is -2.23. The fraction of sp³-hybridized carbons (Fsp3) is 0.714. The number of aryl methyl sites for hydroxylation is 2. The summed E-state index contributed by atoms with van der Waals surface area (Å²) in [5.41, 5.74) is 60.9. The van der Waals surface area contributed by atoms with E-state index in [9.17, 15) is 33.6 Å². The molecule has 25 N–H and O–H groups in total. The minimum absolute atomic E-state index is 0.00132. The van der Waals surface area contributed by atoms with E-state index >= 15 is 0 Å². The smallest absolute Gasteiger partial charge is 0.280 e. The lowest BCUT2D eigenvalue weighted by atomic mass is 10.00. The van der Waals surface area contributed by atoms with Gasteiger partial charge in [-0.1, -0.05) is 62.3 Å². The molecule has 5 amide bonds. The summed E-state index contributed by atoms with van der Waals surface area (Å²) >= 11 is 6.00. The molecule has 0 saturated heterocycles. The Morgan fingerprint density at radius 2 is 0.945 bits per heavy atom. The molecule has 0 aliphatic rings. The summed E-state index contributed by atoms with van der Waals surface area (Å²) < 4.78 is 6.16. The van der Waals surface area contributed by atoms with E-state index in [1.165, 1.54) is 0 Å². The fourth-order valence-corrected chi connectivity index (χ4v) is 9.92. The molecule has 0 unspecified atom stereocenters. The van der Waals surface area contributed by atoms with Crippen molar-refractivity contribution < 1.29 is 38.3 Å². The van der Waals surface area contributed by atoms with Crippen molar-refractivity contribution in [2.75, 3.05) is 77.8 Å². The van der Waals surface area contributed by atoms with E-state index in [4.69, 9.17) is 73.7 Å². The molecule has 516 valence electrons. The predicted molar refractivity (Wildman–Crippen MR) is 360 cm³/mol. The maximum Gasteiger partial charge on any atom is 0.280 e. The largest absolute Gasteiger partial charge is 0.492 e. The van der Waals surface area contributed by atoms with Crippen molar-refractivity contribution in [1.29, 1.82) is 0 Å². The van der Waals surface area contributed by atoms with Crippen LogP contribution in [0.3, 0.4) is 0 Å². The number of rotatable bonds is 54. The van der Waals surface area contributed by atoms with E-state index in [1.54, 1.807) is 6.92 Å². The second kappa shape index (κ2) is 49.6. The van der Waals surface area contributed by atoms with E-state index in [2.05, 4.69) is 46.4 Å². The van der Waals surface area contributed by atoms with Crippen molar-refractivity contribution in [2.24, 2.45) is 56.6 Å². The summed E-state index contributed by atoms with van der Waals surface area (Å²) in [5.74, 6) is -0.878. The van der Waals surface area contributed by atoms with Crippen LogP contribution in [0, 0.1) is 6.92 Å². The monoisotopic (exact) mass is 1300 g/mol. The molecule has 0 aliphatic heterocycles. The third-order valence-electron chi connectivity index (χ3n) is 15.6. The summed E-state index contributed by atoms with van der Waals surface area (Å²) in [7, 11) is 0. The molecular weight excluding hydrogens is 1190 g/mol. The lowest BCUT2D eigenvalue weighted by molar-refractivity contribution is -0.123. The zero-order valence-corrected chi connectivity index (χ0v) is 55.1. The Kier molecular flexibility index (Phi) is 44.2. The van der Waals surface area contributed by atoms with Crippen LogP contribution in [-0.2, 0) is 35.2 Å². The van der Waals surface area contributed by atoms with Gasteiger partial charge in [0.1, 0.15) is 23.9 Å². The zero-order chi connectivity index (χ0) is 67.2. The minimum atomic E-state index is -0.682. The van der Waals surface area contributed by atoms with Gasteiger partial charge >= 0.3 is 0 Å². The van der Waals surface area contributed by atoms with Gasteiger partial charge in [-0.15, -0.1) is 0 Å². The molecule has 28 heteroatoms. The Morgan fingerprint density at radius 3 is 1.40 bits per heavy atom. The number of halogens is 1. The van der Waals surface area contributed by atoms with Crippen molar-refractivity contribution >= 4 is 64.5 Å². The molecule has 0 bridgehead atoms. The molecule has 27 nitrogen and oxygen atoms in total. The topological polar surface area (TPSA) is 490 Å². The normalized spacial score (nSPS) is 13.6. The van der Waals surface area contributed by atoms with Crippen LogP contribution in [0.25, 0.3) is 0 Å². The van der Waals surface area contributed by atoms with Crippen LogP contribution in [0.2, 0.25) is 5.15 Å². The van der Waals surface area contributed by atoms with Crippen molar-refractivity contribution in [3.8, 4) is 5.75 Å². The molecule has 0 fully saturated rings. The van der Waals surface area contributed by atoms with Crippen molar-refractivity contribution in [2.45, 2.75) is 217 Å². The lowest BCUT2D eigenvalue weighted by Crippen LogP contribution is -2.42. The molecule has 1 heterocycles. The third kappa shape index (κ3) is 37.9. The van der Waals surface area contributed by atoms with Gasteiger partial charge < -0.3 is 83.3 Å². The molecule has 91 heavy (non-hydrogen) atoms. The summed E-state index contributed by atoms with van der Waals surface area (Å²) in [5, 5.41) is 14.2. The highest BCUT2D eigenvalue weighted by atomic mass is 35.5. The first-order valence-corrected chi connectivity index (χ1v) is 33.5. The van der Waals surface area contributed by atoms with Gasteiger partial charge in [-0.3, -0.25) is 48.8 Å². The number of ether oxygens (including phenoxy) is 1. The highest BCUT2D eigenvalue weighted by molar-refractivity contribution is 6.30. The van der Waals surface area contributed by atoms with Gasteiger partial charge in [0.25, 0.3) is 5.91 Å². The van der Waals surface area contributed by atoms with Gasteiger partial charge in [0, 0.05) is 52.1 Å². The van der Waals surface area contributed by atoms with Gasteiger partial charge in [0.2, 0.25) is 23.6 Å². The highest BCUT2D eigenvalue weighted by Gasteiger charge is 2.20. The van der Waals surface area contributed by atoms with Crippen LogP contribution in [0.5, 0.6) is 5.75 Å². The van der Waals surface area contributed by atoms with Crippen LogP contribution in [-0.4, -0.2) is 170 Å². The number of nitrogens with one attached hydrogen (secondary N) is 5. The quantitative estimate of drug-likeness (QED) is 0.0254. The molecule has 0 radical (unpaired) electrons. The number of carbonyl (C=O) groups excluding carboxylic acids is 7. The number of aliphatic imine (C=N–C) groups is 1. The number of anilines is 1. The average Bonchev–Trinajstić information content (AvgIpc) is 2.62. The number of hydrogen-bond donors (Lipinski definition) is 15. The van der Waals surface area contributed by atoms with E-state index in [1.807, 2.05) is 24.3 Å². The van der Waals surface area contributed by atoms with Gasteiger partial charge in [-0.25, -0.2) is 9.97 Å². The Labute approximate surface area is 545 Å². The fourth-order valence-electron chi connectivity index (χ4n) is 9.79. The molecule has 6 atom stereocenters. The summed E-state index contributed by atoms with van der Waals surface area (Å²) in [6.07, 6.45) is 17.9. The molecule has 1 aromatic carbocycles. The second-order valence-corrected chi connectivity index (χ2v) is 23.9. The van der Waals surface area contributed by atoms with Crippen LogP contribution in [0.1, 0.15) is 189 Å². The summed E-state index contributed by atoms with van der Waals surface area (Å²) in [6.45, 7) is 7.25. The van der Waals surface area contributed by atoms with Crippen LogP contribution >= 0.6 is 11.6 Å². The number of hydrogen-bond acceptors (Lipinski definition) is 21. The second-order valence-electron chi connectivity index (χ2n) is 23.5. The van der Waals surface area contributed by atoms with E-state index in [0.717, 1.165) is 63.4 Å². The number of ketones is 2. The molecule has 2 aromatic rings. The Bertz CT molecular complexity index is 2350. The first-order valence-electron chi connectivity index (χ1n) is 33.1. The Hall–Kier alpha value is -6.01. The zero-order valence-electron chi connectivity index (χ0n) is 54.3. The van der Waals surface area contributed by atoms with Crippen LogP contribution in [0.4, 0.5) is 5.82 Å².